The molecule has 0 aliphatic heterocycles. The Balaban J connectivity index is 1.51. The van der Waals surface area contributed by atoms with E-state index < -0.39 is 0 Å². The third kappa shape index (κ3) is 1.52. The van der Waals surface area contributed by atoms with Gasteiger partial charge < -0.3 is 0 Å². The first-order chi connectivity index (χ1) is 9.38. The normalized spacial score (nSPS) is 46.5. The van der Waals surface area contributed by atoms with Gasteiger partial charge in [0.05, 0.1) is 0 Å². The predicted octanol–water partition coefficient (Wildman–Crippen LogP) is 4.79. The molecule has 0 nitrogen and oxygen atoms in total. The van der Waals surface area contributed by atoms with Crippen molar-refractivity contribution in [1.29, 1.82) is 0 Å². The summed E-state index contributed by atoms with van der Waals surface area (Å²) in [6.07, 6.45) is 10.7. The van der Waals surface area contributed by atoms with Crippen molar-refractivity contribution in [2.24, 2.45) is 29.6 Å². The van der Waals surface area contributed by atoms with Gasteiger partial charge in [-0.3, -0.25) is 0 Å². The SMILES string of the molecule is c1ccc2c(c1)CCC2C1C2CC3CC(C2)CC1C3. The van der Waals surface area contributed by atoms with Gasteiger partial charge in [0.1, 0.15) is 0 Å². The summed E-state index contributed by atoms with van der Waals surface area (Å²) in [6, 6.07) is 9.33. The first kappa shape index (κ1) is 10.9. The van der Waals surface area contributed by atoms with Gasteiger partial charge in [-0.2, -0.15) is 0 Å². The molecule has 1 aromatic rings. The molecule has 1 aromatic carbocycles. The maximum absolute atomic E-state index is 2.44. The molecule has 1 atom stereocenters. The summed E-state index contributed by atoms with van der Waals surface area (Å²) in [7, 11) is 0. The zero-order valence-electron chi connectivity index (χ0n) is 11.7. The highest BCUT2D eigenvalue weighted by molar-refractivity contribution is 5.36. The van der Waals surface area contributed by atoms with E-state index in [0.29, 0.717) is 0 Å². The van der Waals surface area contributed by atoms with Crippen LogP contribution >= 0.6 is 0 Å². The average molecular weight is 252 g/mol. The van der Waals surface area contributed by atoms with Gasteiger partial charge in [0, 0.05) is 0 Å². The van der Waals surface area contributed by atoms with Crippen LogP contribution in [0.4, 0.5) is 0 Å². The first-order valence-electron chi connectivity index (χ1n) is 8.46. The topological polar surface area (TPSA) is 0 Å². The van der Waals surface area contributed by atoms with Crippen LogP contribution in [-0.4, -0.2) is 0 Å². The number of aryl methyl sites for hydroxylation is 1. The van der Waals surface area contributed by atoms with Crippen molar-refractivity contribution in [2.75, 3.05) is 0 Å². The lowest BCUT2D eigenvalue weighted by atomic mass is 9.49. The molecule has 0 aromatic heterocycles. The lowest BCUT2D eigenvalue weighted by Gasteiger charge is -2.56. The van der Waals surface area contributed by atoms with Crippen LogP contribution in [0.25, 0.3) is 0 Å². The molecule has 0 amide bonds. The maximum atomic E-state index is 2.44. The largest absolute Gasteiger partial charge is 0.0620 e. The molecule has 100 valence electrons. The van der Waals surface area contributed by atoms with Crippen LogP contribution in [0.1, 0.15) is 55.6 Å². The van der Waals surface area contributed by atoms with Crippen molar-refractivity contribution in [2.45, 2.75) is 50.9 Å². The summed E-state index contributed by atoms with van der Waals surface area (Å²) < 4.78 is 0. The molecule has 0 N–H and O–H groups in total. The van der Waals surface area contributed by atoms with E-state index in [1.54, 1.807) is 43.2 Å². The summed E-state index contributed by atoms with van der Waals surface area (Å²) in [5.74, 6) is 6.40. The Labute approximate surface area is 116 Å². The van der Waals surface area contributed by atoms with Gasteiger partial charge in [-0.15, -0.1) is 0 Å². The van der Waals surface area contributed by atoms with Gasteiger partial charge in [-0.05, 0) is 91.6 Å². The Morgan fingerprint density at radius 2 is 1.47 bits per heavy atom. The second kappa shape index (κ2) is 3.87. The number of fused-ring (bicyclic) bond motifs is 1. The van der Waals surface area contributed by atoms with Crippen molar-refractivity contribution in [3.05, 3.63) is 35.4 Å². The van der Waals surface area contributed by atoms with Crippen LogP contribution in [0.5, 0.6) is 0 Å². The fourth-order valence-electron chi connectivity index (χ4n) is 6.61. The van der Waals surface area contributed by atoms with Crippen LogP contribution in [0.3, 0.4) is 0 Å². The molecule has 5 aliphatic carbocycles. The molecular formula is C19H24. The summed E-state index contributed by atoms with van der Waals surface area (Å²) in [6.45, 7) is 0. The lowest BCUT2D eigenvalue weighted by Crippen LogP contribution is -2.46. The molecule has 4 fully saturated rings. The van der Waals surface area contributed by atoms with E-state index in [0.717, 1.165) is 35.5 Å². The fraction of sp³-hybridized carbons (Fsp3) is 0.684. The Morgan fingerprint density at radius 1 is 0.789 bits per heavy atom. The minimum Gasteiger partial charge on any atom is -0.0620 e. The quantitative estimate of drug-likeness (QED) is 0.674. The minimum absolute atomic E-state index is 0.922. The van der Waals surface area contributed by atoms with Crippen molar-refractivity contribution in [3.8, 4) is 0 Å². The lowest BCUT2D eigenvalue weighted by molar-refractivity contribution is -0.0476. The number of hydrogen-bond acceptors (Lipinski definition) is 0. The average Bonchev–Trinajstić information content (AvgIpc) is 2.82. The molecule has 4 bridgehead atoms. The van der Waals surface area contributed by atoms with Gasteiger partial charge in [-0.1, -0.05) is 24.3 Å². The van der Waals surface area contributed by atoms with Gasteiger partial charge >= 0.3 is 0 Å². The monoisotopic (exact) mass is 252 g/mol. The highest BCUT2D eigenvalue weighted by Gasteiger charge is 2.51. The van der Waals surface area contributed by atoms with Crippen LogP contribution in [0.15, 0.2) is 24.3 Å². The van der Waals surface area contributed by atoms with E-state index in [1.807, 2.05) is 0 Å². The molecule has 4 saturated carbocycles. The van der Waals surface area contributed by atoms with Crippen molar-refractivity contribution in [1.82, 2.24) is 0 Å². The number of rotatable bonds is 1. The van der Waals surface area contributed by atoms with Crippen LogP contribution < -0.4 is 0 Å². The maximum Gasteiger partial charge on any atom is -0.0122 e. The second-order valence-corrected chi connectivity index (χ2v) is 7.85. The molecule has 0 heteroatoms. The summed E-state index contributed by atoms with van der Waals surface area (Å²) in [4.78, 5) is 0. The van der Waals surface area contributed by atoms with Crippen molar-refractivity contribution >= 4 is 0 Å². The van der Waals surface area contributed by atoms with Crippen LogP contribution in [0.2, 0.25) is 0 Å². The smallest absolute Gasteiger partial charge is 0.0122 e. The zero-order valence-corrected chi connectivity index (χ0v) is 11.7. The Hall–Kier alpha value is -0.780. The molecule has 6 rings (SSSR count). The minimum atomic E-state index is 0.922. The Morgan fingerprint density at radius 3 is 2.21 bits per heavy atom. The standard InChI is InChI=1S/C19H24/c1-2-4-17-14(3-1)5-6-18(17)19-15-8-12-7-13(10-15)11-16(19)9-12/h1-4,12-13,15-16,18-19H,5-11H2. The number of hydrogen-bond donors (Lipinski definition) is 0. The van der Waals surface area contributed by atoms with E-state index in [2.05, 4.69) is 24.3 Å². The van der Waals surface area contributed by atoms with Gasteiger partial charge in [0.2, 0.25) is 0 Å². The van der Waals surface area contributed by atoms with E-state index in [4.69, 9.17) is 0 Å². The molecule has 5 aliphatic rings. The molecule has 0 spiro atoms. The summed E-state index contributed by atoms with van der Waals surface area (Å²) >= 11 is 0. The van der Waals surface area contributed by atoms with E-state index in [-0.39, 0.29) is 0 Å². The second-order valence-electron chi connectivity index (χ2n) is 7.85. The summed E-state index contributed by atoms with van der Waals surface area (Å²) in [5, 5.41) is 0. The van der Waals surface area contributed by atoms with Crippen LogP contribution in [0, 0.1) is 29.6 Å². The highest BCUT2D eigenvalue weighted by Crippen LogP contribution is 2.61. The molecule has 0 radical (unpaired) electrons. The molecule has 19 heavy (non-hydrogen) atoms. The van der Waals surface area contributed by atoms with E-state index in [9.17, 15) is 0 Å². The molecule has 1 unspecified atom stereocenters. The molecular weight excluding hydrogens is 228 g/mol. The zero-order chi connectivity index (χ0) is 12.4. The third-order valence-corrected chi connectivity index (χ3v) is 6.94. The van der Waals surface area contributed by atoms with Crippen molar-refractivity contribution in [3.63, 3.8) is 0 Å². The van der Waals surface area contributed by atoms with Crippen molar-refractivity contribution < 1.29 is 0 Å². The predicted molar refractivity (Wildman–Crippen MR) is 78.0 cm³/mol. The highest BCUT2D eigenvalue weighted by atomic mass is 14.6. The van der Waals surface area contributed by atoms with E-state index >= 15 is 0 Å². The molecule has 0 saturated heterocycles. The van der Waals surface area contributed by atoms with Gasteiger partial charge in [0.25, 0.3) is 0 Å². The first-order valence-corrected chi connectivity index (χ1v) is 8.46. The van der Waals surface area contributed by atoms with E-state index in [1.165, 1.54) is 12.8 Å². The van der Waals surface area contributed by atoms with Gasteiger partial charge in [-0.25, -0.2) is 0 Å². The fourth-order valence-corrected chi connectivity index (χ4v) is 6.61. The van der Waals surface area contributed by atoms with Crippen LogP contribution in [-0.2, 0) is 6.42 Å². The third-order valence-electron chi connectivity index (χ3n) is 6.94. The molecule has 0 heterocycles. The Bertz CT molecular complexity index is 473. The number of benzene rings is 1. The summed E-state index contributed by atoms with van der Waals surface area (Å²) in [5.41, 5.74) is 3.40. The Kier molecular flexibility index (Phi) is 2.23. The van der Waals surface area contributed by atoms with Gasteiger partial charge in [0.15, 0.2) is 0 Å².